The molecule has 28 heavy (non-hydrogen) atoms. The molecular weight excluding hydrogens is 366 g/mol. The first-order valence-corrected chi connectivity index (χ1v) is 9.78. The van der Waals surface area contributed by atoms with Crippen LogP contribution in [0, 0.1) is 28.6 Å². The first-order chi connectivity index (χ1) is 13.0. The summed E-state index contributed by atoms with van der Waals surface area (Å²) in [6.45, 7) is 6.05. The molecule has 4 aliphatic rings. The van der Waals surface area contributed by atoms with Crippen LogP contribution < -0.4 is 0 Å². The van der Waals surface area contributed by atoms with Gasteiger partial charge < -0.3 is 10.2 Å². The molecule has 3 saturated carbocycles. The van der Waals surface area contributed by atoms with Crippen molar-refractivity contribution < 1.29 is 28.6 Å². The number of ketones is 2. The number of rotatable bonds is 2. The minimum Gasteiger partial charge on any atom is -0.393 e. The summed E-state index contributed by atoms with van der Waals surface area (Å²) in [6, 6.07) is 0. The Morgan fingerprint density at radius 3 is 2.71 bits per heavy atom. The van der Waals surface area contributed by atoms with Gasteiger partial charge in [0.2, 0.25) is 0 Å². The average molecular weight is 392 g/mol. The van der Waals surface area contributed by atoms with E-state index in [4.69, 9.17) is 0 Å². The first-order valence-electron chi connectivity index (χ1n) is 9.78. The van der Waals surface area contributed by atoms with Crippen molar-refractivity contribution in [3.8, 4) is 0 Å². The van der Waals surface area contributed by atoms with E-state index in [1.165, 1.54) is 12.2 Å². The molecule has 0 aliphatic heterocycles. The van der Waals surface area contributed by atoms with Crippen molar-refractivity contribution in [2.24, 2.45) is 28.6 Å². The van der Waals surface area contributed by atoms with E-state index in [-0.39, 0.29) is 48.4 Å². The highest BCUT2D eigenvalue weighted by Crippen LogP contribution is 2.68. The second-order valence-electron chi connectivity index (χ2n) is 9.38. The summed E-state index contributed by atoms with van der Waals surface area (Å²) in [6.07, 6.45) is 2.61. The lowest BCUT2D eigenvalue weighted by Gasteiger charge is -2.59. The molecule has 0 aromatic carbocycles. The Kier molecular flexibility index (Phi) is 4.16. The lowest BCUT2D eigenvalue weighted by atomic mass is 9.46. The number of carbonyl (C=O) groups is 2. The second kappa shape index (κ2) is 5.92. The minimum atomic E-state index is -2.06. The van der Waals surface area contributed by atoms with Crippen LogP contribution in [-0.2, 0) is 9.59 Å². The van der Waals surface area contributed by atoms with E-state index >= 15 is 4.39 Å². The van der Waals surface area contributed by atoms with Gasteiger partial charge in [-0.05, 0) is 54.4 Å². The van der Waals surface area contributed by atoms with Gasteiger partial charge >= 0.3 is 0 Å². The van der Waals surface area contributed by atoms with Crippen molar-refractivity contribution in [3.63, 3.8) is 0 Å². The van der Waals surface area contributed by atoms with Crippen LogP contribution in [0.3, 0.4) is 0 Å². The number of carbonyl (C=O) groups excluding carboxylic acids is 2. The third-order valence-corrected chi connectivity index (χ3v) is 8.20. The monoisotopic (exact) mass is 392 g/mol. The number of hydrogen-bond acceptors (Lipinski definition) is 4. The van der Waals surface area contributed by atoms with Gasteiger partial charge in [0.25, 0.3) is 0 Å². The highest BCUT2D eigenvalue weighted by atomic mass is 19.1. The average Bonchev–Trinajstić information content (AvgIpc) is 2.83. The van der Waals surface area contributed by atoms with Gasteiger partial charge in [-0.1, -0.05) is 26.5 Å². The van der Waals surface area contributed by atoms with Crippen LogP contribution in [-0.4, -0.2) is 46.3 Å². The minimum absolute atomic E-state index is 0.0850. The van der Waals surface area contributed by atoms with E-state index in [1.54, 1.807) is 13.0 Å². The molecule has 0 unspecified atom stereocenters. The second-order valence-corrected chi connectivity index (χ2v) is 9.38. The number of aliphatic hydroxyl groups is 2. The molecule has 2 N–H and O–H groups in total. The fourth-order valence-electron chi connectivity index (χ4n) is 6.90. The van der Waals surface area contributed by atoms with Crippen LogP contribution in [0.5, 0.6) is 0 Å². The van der Waals surface area contributed by atoms with Crippen molar-refractivity contribution in [2.45, 2.75) is 51.0 Å². The molecule has 0 aromatic heterocycles. The topological polar surface area (TPSA) is 74.6 Å². The fourth-order valence-corrected chi connectivity index (χ4v) is 6.90. The van der Waals surface area contributed by atoms with E-state index in [0.29, 0.717) is 5.57 Å². The Hall–Kier alpha value is -1.66. The Bertz CT molecular complexity index is 832. The van der Waals surface area contributed by atoms with Crippen molar-refractivity contribution in [3.05, 3.63) is 36.0 Å². The van der Waals surface area contributed by atoms with Crippen LogP contribution in [0.1, 0.15) is 33.1 Å². The van der Waals surface area contributed by atoms with Gasteiger partial charge in [-0.15, -0.1) is 0 Å². The first kappa shape index (κ1) is 19.6. The molecule has 152 valence electrons. The number of aliphatic hydroxyl groups excluding tert-OH is 1. The summed E-state index contributed by atoms with van der Waals surface area (Å²) in [5.41, 5.74) is -3.36. The Balaban J connectivity index is 1.82. The van der Waals surface area contributed by atoms with E-state index in [0.717, 1.165) is 0 Å². The molecule has 0 bridgehead atoms. The number of hydrogen-bond donors (Lipinski definition) is 2. The summed E-state index contributed by atoms with van der Waals surface area (Å²) in [4.78, 5) is 24.2. The number of alkyl halides is 2. The molecule has 8 atom stereocenters. The zero-order valence-corrected chi connectivity index (χ0v) is 16.1. The third-order valence-electron chi connectivity index (χ3n) is 8.20. The SMILES string of the molecule is C=C1C[C@H]2[C@@H]3C[C@H](F)C4=CC(=O)C=C[C@]4(C)[C@H]3[C@@H](O)C[C@]2(C)[C@@]1(O)C(=O)CF. The zero-order valence-electron chi connectivity index (χ0n) is 16.1. The van der Waals surface area contributed by atoms with Crippen LogP contribution in [0.4, 0.5) is 8.78 Å². The molecule has 0 aromatic rings. The van der Waals surface area contributed by atoms with E-state index in [9.17, 15) is 24.2 Å². The van der Waals surface area contributed by atoms with Gasteiger partial charge in [0, 0.05) is 16.7 Å². The van der Waals surface area contributed by atoms with Crippen molar-refractivity contribution in [1.29, 1.82) is 0 Å². The smallest absolute Gasteiger partial charge is 0.199 e. The number of halogens is 2. The van der Waals surface area contributed by atoms with Crippen LogP contribution in [0.2, 0.25) is 0 Å². The maximum absolute atomic E-state index is 15.2. The van der Waals surface area contributed by atoms with Gasteiger partial charge in [-0.2, -0.15) is 0 Å². The molecule has 4 nitrogen and oxygen atoms in total. The van der Waals surface area contributed by atoms with Gasteiger partial charge in [0.1, 0.15) is 6.17 Å². The molecule has 0 saturated heterocycles. The summed E-state index contributed by atoms with van der Waals surface area (Å²) < 4.78 is 28.5. The van der Waals surface area contributed by atoms with Gasteiger partial charge in [-0.3, -0.25) is 9.59 Å². The molecule has 0 amide bonds. The lowest BCUT2D eigenvalue weighted by Crippen LogP contribution is -2.62. The highest BCUT2D eigenvalue weighted by molar-refractivity contribution is 6.01. The molecule has 4 rings (SSSR count). The molecule has 0 spiro atoms. The fraction of sp³-hybridized carbons (Fsp3) is 0.636. The van der Waals surface area contributed by atoms with Crippen LogP contribution in [0.25, 0.3) is 0 Å². The molecule has 0 radical (unpaired) electrons. The van der Waals surface area contributed by atoms with Crippen molar-refractivity contribution in [1.82, 2.24) is 0 Å². The predicted octanol–water partition coefficient (Wildman–Crippen LogP) is 2.65. The Labute approximate surface area is 163 Å². The largest absolute Gasteiger partial charge is 0.393 e. The quantitative estimate of drug-likeness (QED) is 0.709. The summed E-state index contributed by atoms with van der Waals surface area (Å²) in [7, 11) is 0. The predicted molar refractivity (Wildman–Crippen MR) is 98.7 cm³/mol. The van der Waals surface area contributed by atoms with E-state index < -0.39 is 41.2 Å². The van der Waals surface area contributed by atoms with Crippen LogP contribution in [0.15, 0.2) is 36.0 Å². The number of fused-ring (bicyclic) bond motifs is 5. The van der Waals surface area contributed by atoms with Crippen molar-refractivity contribution >= 4 is 11.6 Å². The maximum atomic E-state index is 15.2. The molecular formula is C22H26F2O4. The van der Waals surface area contributed by atoms with Crippen molar-refractivity contribution in [2.75, 3.05) is 6.67 Å². The molecule has 4 aliphatic carbocycles. The van der Waals surface area contributed by atoms with Crippen LogP contribution >= 0.6 is 0 Å². The molecule has 0 heterocycles. The zero-order chi connectivity index (χ0) is 20.6. The number of allylic oxidation sites excluding steroid dienone is 4. The highest BCUT2D eigenvalue weighted by Gasteiger charge is 2.70. The molecule has 3 fully saturated rings. The molecule has 6 heteroatoms. The summed E-state index contributed by atoms with van der Waals surface area (Å²) in [5, 5.41) is 22.4. The maximum Gasteiger partial charge on any atom is 0.199 e. The summed E-state index contributed by atoms with van der Waals surface area (Å²) in [5.74, 6) is -2.21. The normalized spacial score (nSPS) is 49.9. The van der Waals surface area contributed by atoms with Gasteiger partial charge in [0.05, 0.1) is 6.10 Å². The Morgan fingerprint density at radius 2 is 2.07 bits per heavy atom. The van der Waals surface area contributed by atoms with Gasteiger partial charge in [0.15, 0.2) is 23.8 Å². The third kappa shape index (κ3) is 2.16. The lowest BCUT2D eigenvalue weighted by molar-refractivity contribution is -0.174. The Morgan fingerprint density at radius 1 is 1.39 bits per heavy atom. The van der Waals surface area contributed by atoms with Gasteiger partial charge in [-0.25, -0.2) is 8.78 Å². The van der Waals surface area contributed by atoms with E-state index in [2.05, 4.69) is 6.58 Å². The van der Waals surface area contributed by atoms with E-state index in [1.807, 2.05) is 6.92 Å². The summed E-state index contributed by atoms with van der Waals surface area (Å²) >= 11 is 0. The standard InChI is InChI=1S/C22H26F2O4/c1-11-6-14-13-8-16(24)15-7-12(25)4-5-20(15,2)19(13)17(26)9-21(14,3)22(11,28)18(27)10-23/h4-5,7,13-14,16-17,19,26,28H,1,6,8-10H2,2-3H3/t13-,14-,16-,17-,19+,20-,21-,22-/m0/s1. The number of Topliss-reactive ketones (excluding diaryl/α,β-unsaturated/α-hetero) is 1.